The normalized spacial score (nSPS) is 11.3. The van der Waals surface area contributed by atoms with E-state index in [2.05, 4.69) is 127 Å². The van der Waals surface area contributed by atoms with E-state index in [9.17, 15) is 0 Å². The molecule has 0 saturated carbocycles. The van der Waals surface area contributed by atoms with E-state index in [1.54, 1.807) is 0 Å². The molecule has 0 bridgehead atoms. The fourth-order valence-electron chi connectivity index (χ4n) is 7.43. The molecule has 0 N–H and O–H groups in total. The number of benzene rings is 8. The summed E-state index contributed by atoms with van der Waals surface area (Å²) in [6.45, 7) is 0. The molecule has 0 aliphatic heterocycles. The molecule has 0 aliphatic carbocycles. The number of hydrogen-bond donors (Lipinski definition) is 0. The van der Waals surface area contributed by atoms with Crippen LogP contribution < -0.4 is 0 Å². The van der Waals surface area contributed by atoms with E-state index in [0.29, 0.717) is 17.5 Å². The summed E-state index contributed by atoms with van der Waals surface area (Å²) in [5.41, 5.74) is 13.6. The summed E-state index contributed by atoms with van der Waals surface area (Å²) in [5.74, 6) is 1.93. The van der Waals surface area contributed by atoms with E-state index in [0.717, 1.165) is 83.1 Å². The molecule has 258 valence electrons. The molecule has 0 amide bonds. The second kappa shape index (κ2) is 13.8. The number of aromatic nitrogens is 3. The zero-order valence-corrected chi connectivity index (χ0v) is 29.8. The van der Waals surface area contributed by atoms with E-state index in [1.165, 1.54) is 0 Å². The van der Waals surface area contributed by atoms with Crippen molar-refractivity contribution in [3.05, 3.63) is 200 Å². The van der Waals surface area contributed by atoms with Crippen molar-refractivity contribution in [2.75, 3.05) is 0 Å². The summed E-state index contributed by atoms with van der Waals surface area (Å²) in [7, 11) is 0. The molecule has 55 heavy (non-hydrogen) atoms. The Morgan fingerprint density at radius 3 is 1.27 bits per heavy atom. The Bertz CT molecular complexity index is 2910. The van der Waals surface area contributed by atoms with Gasteiger partial charge in [0.25, 0.3) is 0 Å². The van der Waals surface area contributed by atoms with E-state index >= 15 is 0 Å². The summed E-state index contributed by atoms with van der Waals surface area (Å²) in [4.78, 5) is 14.8. The molecular formula is C51H33N3O. The lowest BCUT2D eigenvalue weighted by Gasteiger charge is -2.12. The Kier molecular flexibility index (Phi) is 8.12. The SMILES string of the molecule is c1ccc(-c2nc(-c3ccccc3)nc(-c3cccc(-c4cccc(-c5cccc(-c6ccc(-c7ccccc7)c7oc8ccccc8c67)c5)c4)c3)n2)cc1. The van der Waals surface area contributed by atoms with Crippen molar-refractivity contribution in [3.8, 4) is 78.7 Å². The number of nitrogens with zero attached hydrogens (tertiary/aromatic N) is 3. The largest absolute Gasteiger partial charge is 0.455 e. The van der Waals surface area contributed by atoms with Gasteiger partial charge in [-0.15, -0.1) is 0 Å². The highest BCUT2D eigenvalue weighted by molar-refractivity contribution is 6.16. The van der Waals surface area contributed by atoms with Gasteiger partial charge in [0.1, 0.15) is 11.2 Å². The molecule has 10 rings (SSSR count). The van der Waals surface area contributed by atoms with Gasteiger partial charge in [0.2, 0.25) is 0 Å². The second-order valence-corrected chi connectivity index (χ2v) is 13.6. The van der Waals surface area contributed by atoms with Crippen LogP contribution in [0.3, 0.4) is 0 Å². The van der Waals surface area contributed by atoms with Crippen molar-refractivity contribution in [1.29, 1.82) is 0 Å². The Morgan fingerprint density at radius 1 is 0.291 bits per heavy atom. The third kappa shape index (κ3) is 6.16. The summed E-state index contributed by atoms with van der Waals surface area (Å²) in [6, 6.07) is 69.4. The highest BCUT2D eigenvalue weighted by Gasteiger charge is 2.18. The lowest BCUT2D eigenvalue weighted by atomic mass is 9.92. The molecule has 10 aromatic rings. The molecule has 0 aliphatic rings. The van der Waals surface area contributed by atoms with Crippen LogP contribution in [0.5, 0.6) is 0 Å². The maximum atomic E-state index is 6.57. The van der Waals surface area contributed by atoms with Gasteiger partial charge in [0.05, 0.1) is 0 Å². The molecule has 4 nitrogen and oxygen atoms in total. The van der Waals surface area contributed by atoms with Crippen molar-refractivity contribution in [2.24, 2.45) is 0 Å². The lowest BCUT2D eigenvalue weighted by molar-refractivity contribution is 0.670. The van der Waals surface area contributed by atoms with E-state index in [4.69, 9.17) is 19.4 Å². The van der Waals surface area contributed by atoms with Crippen LogP contribution in [0.15, 0.2) is 205 Å². The van der Waals surface area contributed by atoms with Crippen molar-refractivity contribution in [3.63, 3.8) is 0 Å². The molecule has 0 saturated heterocycles. The van der Waals surface area contributed by atoms with Crippen molar-refractivity contribution >= 4 is 21.9 Å². The van der Waals surface area contributed by atoms with Crippen LogP contribution in [0.4, 0.5) is 0 Å². The molecule has 2 aromatic heterocycles. The summed E-state index contributed by atoms with van der Waals surface area (Å²) in [5, 5.41) is 2.24. The van der Waals surface area contributed by atoms with Crippen LogP contribution in [-0.4, -0.2) is 15.0 Å². The van der Waals surface area contributed by atoms with Crippen LogP contribution in [0, 0.1) is 0 Å². The van der Waals surface area contributed by atoms with E-state index in [-0.39, 0.29) is 0 Å². The first kappa shape index (κ1) is 32.2. The van der Waals surface area contributed by atoms with Crippen LogP contribution in [0.2, 0.25) is 0 Å². The fraction of sp³-hybridized carbons (Fsp3) is 0. The van der Waals surface area contributed by atoms with Gasteiger partial charge < -0.3 is 4.42 Å². The predicted molar refractivity (Wildman–Crippen MR) is 225 cm³/mol. The van der Waals surface area contributed by atoms with Gasteiger partial charge in [-0.05, 0) is 69.3 Å². The van der Waals surface area contributed by atoms with Crippen LogP contribution in [0.25, 0.3) is 101 Å². The van der Waals surface area contributed by atoms with Gasteiger partial charge in [-0.25, -0.2) is 15.0 Å². The summed E-state index contributed by atoms with van der Waals surface area (Å²) in [6.07, 6.45) is 0. The first-order valence-corrected chi connectivity index (χ1v) is 18.4. The number of furan rings is 1. The maximum Gasteiger partial charge on any atom is 0.164 e. The molecule has 0 radical (unpaired) electrons. The Labute approximate surface area is 319 Å². The molecule has 0 unspecified atom stereocenters. The van der Waals surface area contributed by atoms with E-state index in [1.807, 2.05) is 72.8 Å². The number of hydrogen-bond acceptors (Lipinski definition) is 4. The van der Waals surface area contributed by atoms with Gasteiger partial charge in [-0.2, -0.15) is 0 Å². The Balaban J connectivity index is 1.03. The minimum atomic E-state index is 0.634. The highest BCUT2D eigenvalue weighted by Crippen LogP contribution is 2.42. The fourth-order valence-corrected chi connectivity index (χ4v) is 7.43. The first-order chi connectivity index (χ1) is 27.2. The van der Waals surface area contributed by atoms with Crippen LogP contribution in [-0.2, 0) is 0 Å². The smallest absolute Gasteiger partial charge is 0.164 e. The third-order valence-corrected chi connectivity index (χ3v) is 10.1. The highest BCUT2D eigenvalue weighted by atomic mass is 16.3. The first-order valence-electron chi connectivity index (χ1n) is 18.4. The second-order valence-electron chi connectivity index (χ2n) is 13.6. The van der Waals surface area contributed by atoms with Gasteiger partial charge >= 0.3 is 0 Å². The number of rotatable bonds is 7. The van der Waals surface area contributed by atoms with Gasteiger partial charge in [0, 0.05) is 33.0 Å². The summed E-state index contributed by atoms with van der Waals surface area (Å²) >= 11 is 0. The molecule has 2 heterocycles. The minimum Gasteiger partial charge on any atom is -0.455 e. The Morgan fingerprint density at radius 2 is 0.691 bits per heavy atom. The average molecular weight is 704 g/mol. The standard InChI is InChI=1S/C51H33N3O/c1-4-15-34(16-5-1)44-30-29-43(47-45-27-10-11-28-46(45)55-48(44)47)41-25-13-23-39(32-41)37-21-12-22-38(31-37)40-24-14-26-42(33-40)51-53-49(35-17-6-2-7-18-35)52-50(54-51)36-19-8-3-9-20-36/h1-33H. The summed E-state index contributed by atoms with van der Waals surface area (Å²) < 4.78 is 6.57. The van der Waals surface area contributed by atoms with Crippen molar-refractivity contribution in [2.45, 2.75) is 0 Å². The van der Waals surface area contributed by atoms with Crippen LogP contribution >= 0.6 is 0 Å². The number of fused-ring (bicyclic) bond motifs is 3. The van der Waals surface area contributed by atoms with Gasteiger partial charge in [0.15, 0.2) is 17.5 Å². The predicted octanol–water partition coefficient (Wildman–Crippen LogP) is 13.4. The van der Waals surface area contributed by atoms with Gasteiger partial charge in [-0.1, -0.05) is 170 Å². The Hall–Kier alpha value is -7.43. The molecule has 4 heteroatoms. The molecular weight excluding hydrogens is 671 g/mol. The topological polar surface area (TPSA) is 51.8 Å². The zero-order valence-electron chi connectivity index (χ0n) is 29.8. The molecule has 0 spiro atoms. The maximum absolute atomic E-state index is 6.57. The monoisotopic (exact) mass is 703 g/mol. The van der Waals surface area contributed by atoms with E-state index < -0.39 is 0 Å². The van der Waals surface area contributed by atoms with Crippen LogP contribution in [0.1, 0.15) is 0 Å². The van der Waals surface area contributed by atoms with Crippen molar-refractivity contribution in [1.82, 2.24) is 15.0 Å². The lowest BCUT2D eigenvalue weighted by Crippen LogP contribution is -2.00. The quantitative estimate of drug-likeness (QED) is 0.166. The molecule has 8 aromatic carbocycles. The average Bonchev–Trinajstić information content (AvgIpc) is 3.67. The van der Waals surface area contributed by atoms with Crippen molar-refractivity contribution < 1.29 is 4.42 Å². The molecule has 0 atom stereocenters. The van der Waals surface area contributed by atoms with Gasteiger partial charge in [-0.3, -0.25) is 0 Å². The minimum absolute atomic E-state index is 0.634. The third-order valence-electron chi connectivity index (χ3n) is 10.1. The molecule has 0 fully saturated rings. The zero-order chi connectivity index (χ0) is 36.6. The number of para-hydroxylation sites is 1.